The lowest BCUT2D eigenvalue weighted by atomic mass is 9.56. The molecule has 0 radical (unpaired) electrons. The van der Waals surface area contributed by atoms with Gasteiger partial charge in [-0.05, 0) is 77.0 Å². The molecule has 2 fully saturated rings. The number of carbonyl (C=O) groups is 5. The SMILES string of the molecule is CC(=O)OC1CC(C)(C)C(=C=C/C(C)=C/C=C/C(C)=C/C=C/C=C(C)/C=C/C=C(\C)C(=O)CC2(O)C(C)(C)CC(O)CC2(C)O)C(C)(OC(=O)CC(O)(CC(=O)O)C(=O)O)C1. The predicted octanol–water partition coefficient (Wildman–Crippen LogP) is 6.88. The normalized spacial score (nSPS) is 28.3. The van der Waals surface area contributed by atoms with Gasteiger partial charge < -0.3 is 40.1 Å². The third kappa shape index (κ3) is 14.6. The molecule has 2 aliphatic rings. The zero-order chi connectivity index (χ0) is 46.8. The molecule has 2 rings (SSSR count). The summed E-state index contributed by atoms with van der Waals surface area (Å²) in [6.45, 7) is 18.9. The largest absolute Gasteiger partial charge is 0.481 e. The first-order chi connectivity index (χ1) is 27.9. The molecule has 13 heteroatoms. The van der Waals surface area contributed by atoms with Gasteiger partial charge in [-0.3, -0.25) is 19.2 Å². The summed E-state index contributed by atoms with van der Waals surface area (Å²) in [5.41, 5.74) is -2.39. The van der Waals surface area contributed by atoms with Crippen LogP contribution in [0.4, 0.5) is 0 Å². The van der Waals surface area contributed by atoms with Crippen molar-refractivity contribution in [2.75, 3.05) is 0 Å². The maximum absolute atomic E-state index is 13.1. The fraction of sp³-hybridized carbons (Fsp3) is 0.542. The molecule has 6 N–H and O–H groups in total. The molecular weight excluding hydrogens is 785 g/mol. The van der Waals surface area contributed by atoms with Crippen LogP contribution in [0.1, 0.15) is 121 Å². The highest BCUT2D eigenvalue weighted by Crippen LogP contribution is 2.52. The third-order valence-corrected chi connectivity index (χ3v) is 11.5. The Morgan fingerprint density at radius 1 is 0.754 bits per heavy atom. The van der Waals surface area contributed by atoms with Crippen LogP contribution in [0.2, 0.25) is 0 Å². The standard InChI is InChI=1S/C48H66O13/c1-31(16-12-13-17-32(2)20-15-21-34(4)38(51)28-48(59)44(8,9)24-36(50)25-46(48,11)57)18-14-19-33(3)22-23-39-43(6,7)26-37(60-35(5)49)27-45(39,10)61-41(54)30-47(58,42(55)56)29-40(52)53/h12-22,36-37,50,57-59H,24-30H2,1-11H3,(H,52,53)(H,55,56)/b13-12+,18-14+,20-15+,31-16+,32-17+,33-19+,34-21+. The van der Waals surface area contributed by atoms with Crippen LogP contribution in [0.3, 0.4) is 0 Å². The molecular formula is C48H66O13. The lowest BCUT2D eigenvalue weighted by Crippen LogP contribution is -2.66. The summed E-state index contributed by atoms with van der Waals surface area (Å²) in [5.74, 6) is -5.45. The molecule has 0 aromatic carbocycles. The van der Waals surface area contributed by atoms with E-state index in [-0.39, 0.29) is 31.5 Å². The molecule has 6 unspecified atom stereocenters. The first-order valence-electron chi connectivity index (χ1n) is 20.3. The van der Waals surface area contributed by atoms with Gasteiger partial charge in [0.25, 0.3) is 0 Å². The molecule has 2 saturated carbocycles. The van der Waals surface area contributed by atoms with Crippen molar-refractivity contribution in [2.24, 2.45) is 10.8 Å². The number of Topliss-reactive ketones (excluding diaryl/α,β-unsaturated/α-hetero) is 1. The van der Waals surface area contributed by atoms with Gasteiger partial charge in [0, 0.05) is 37.2 Å². The van der Waals surface area contributed by atoms with Crippen LogP contribution in [-0.4, -0.2) is 94.9 Å². The minimum absolute atomic E-state index is 0.0130. The summed E-state index contributed by atoms with van der Waals surface area (Å²) in [7, 11) is 0. The topological polar surface area (TPSA) is 225 Å². The van der Waals surface area contributed by atoms with E-state index in [0.717, 1.165) is 16.7 Å². The summed E-state index contributed by atoms with van der Waals surface area (Å²) < 4.78 is 11.3. The summed E-state index contributed by atoms with van der Waals surface area (Å²) in [6.07, 6.45) is 16.8. The second-order valence-corrected chi connectivity index (χ2v) is 18.3. The summed E-state index contributed by atoms with van der Waals surface area (Å²) in [6, 6.07) is 0. The van der Waals surface area contributed by atoms with E-state index in [0.29, 0.717) is 17.6 Å². The quantitative estimate of drug-likeness (QED) is 0.0381. The van der Waals surface area contributed by atoms with E-state index in [9.17, 15) is 49.5 Å². The molecule has 13 nitrogen and oxygen atoms in total. The van der Waals surface area contributed by atoms with Gasteiger partial charge in [0.15, 0.2) is 11.4 Å². The van der Waals surface area contributed by atoms with E-state index >= 15 is 0 Å². The average Bonchev–Trinajstić information content (AvgIpc) is 3.07. The fourth-order valence-electron chi connectivity index (χ4n) is 8.28. The van der Waals surface area contributed by atoms with Crippen LogP contribution < -0.4 is 0 Å². The molecule has 0 amide bonds. The number of rotatable bonds is 17. The van der Waals surface area contributed by atoms with Crippen molar-refractivity contribution >= 4 is 29.7 Å². The van der Waals surface area contributed by atoms with Crippen molar-refractivity contribution < 1.29 is 64.1 Å². The van der Waals surface area contributed by atoms with Gasteiger partial charge >= 0.3 is 23.9 Å². The third-order valence-electron chi connectivity index (χ3n) is 11.5. The lowest BCUT2D eigenvalue weighted by molar-refractivity contribution is -0.243. The first kappa shape index (κ1) is 52.2. The predicted molar refractivity (Wildman–Crippen MR) is 231 cm³/mol. The number of hydrogen-bond acceptors (Lipinski definition) is 11. The van der Waals surface area contributed by atoms with Crippen molar-refractivity contribution in [1.82, 2.24) is 0 Å². The Kier molecular flexibility index (Phi) is 17.8. The average molecular weight is 851 g/mol. The van der Waals surface area contributed by atoms with Crippen molar-refractivity contribution in [3.8, 4) is 0 Å². The molecule has 6 atom stereocenters. The number of esters is 2. The lowest BCUT2D eigenvalue weighted by Gasteiger charge is -2.56. The Morgan fingerprint density at radius 3 is 1.80 bits per heavy atom. The van der Waals surface area contributed by atoms with Crippen LogP contribution in [0.5, 0.6) is 0 Å². The van der Waals surface area contributed by atoms with Gasteiger partial charge in [0.2, 0.25) is 0 Å². The molecule has 336 valence electrons. The first-order valence-corrected chi connectivity index (χ1v) is 20.3. The van der Waals surface area contributed by atoms with E-state index in [1.165, 1.54) is 13.8 Å². The highest BCUT2D eigenvalue weighted by Gasteiger charge is 2.60. The minimum atomic E-state index is -2.89. The van der Waals surface area contributed by atoms with Crippen molar-refractivity contribution in [1.29, 1.82) is 0 Å². The Morgan fingerprint density at radius 2 is 1.30 bits per heavy atom. The number of hydrogen-bond donors (Lipinski definition) is 6. The minimum Gasteiger partial charge on any atom is -0.481 e. The Hall–Kier alpha value is -4.91. The molecule has 0 heterocycles. The summed E-state index contributed by atoms with van der Waals surface area (Å²) in [5, 5.41) is 61.7. The maximum Gasteiger partial charge on any atom is 0.336 e. The van der Waals surface area contributed by atoms with Crippen LogP contribution in [-0.2, 0) is 33.4 Å². The van der Waals surface area contributed by atoms with Crippen LogP contribution in [0.15, 0.2) is 100 Å². The second-order valence-electron chi connectivity index (χ2n) is 18.3. The molecule has 0 saturated heterocycles. The second kappa shape index (κ2) is 20.8. The highest BCUT2D eigenvalue weighted by molar-refractivity contribution is 5.96. The van der Waals surface area contributed by atoms with Gasteiger partial charge in [-0.2, -0.15) is 0 Å². The van der Waals surface area contributed by atoms with E-state index < -0.39 is 82.2 Å². The number of carbonyl (C=O) groups excluding carboxylic acids is 3. The number of carboxylic acids is 2. The van der Waals surface area contributed by atoms with Gasteiger partial charge in [-0.1, -0.05) is 99.6 Å². The summed E-state index contributed by atoms with van der Waals surface area (Å²) in [4.78, 5) is 61.0. The maximum atomic E-state index is 13.1. The van der Waals surface area contributed by atoms with Crippen LogP contribution in [0, 0.1) is 10.8 Å². The van der Waals surface area contributed by atoms with Crippen molar-refractivity contribution in [3.63, 3.8) is 0 Å². The highest BCUT2D eigenvalue weighted by atomic mass is 16.6. The van der Waals surface area contributed by atoms with Crippen molar-refractivity contribution in [2.45, 2.75) is 156 Å². The molecule has 0 aromatic rings. The smallest absolute Gasteiger partial charge is 0.336 e. The number of aliphatic hydroxyl groups is 4. The Labute approximate surface area is 359 Å². The van der Waals surface area contributed by atoms with Crippen LogP contribution in [0.25, 0.3) is 0 Å². The molecule has 61 heavy (non-hydrogen) atoms. The Balaban J connectivity index is 2.19. The van der Waals surface area contributed by atoms with Crippen molar-refractivity contribution in [3.05, 3.63) is 100 Å². The molecule has 0 aliphatic heterocycles. The zero-order valence-corrected chi connectivity index (χ0v) is 37.5. The monoisotopic (exact) mass is 850 g/mol. The van der Waals surface area contributed by atoms with E-state index in [2.05, 4.69) is 5.73 Å². The number of aliphatic carboxylic acids is 2. The van der Waals surface area contributed by atoms with E-state index in [1.54, 1.807) is 45.9 Å². The van der Waals surface area contributed by atoms with Crippen LogP contribution >= 0.6 is 0 Å². The van der Waals surface area contributed by atoms with Gasteiger partial charge in [0.1, 0.15) is 17.3 Å². The summed E-state index contributed by atoms with van der Waals surface area (Å²) >= 11 is 0. The molecule has 2 aliphatic carbocycles. The van der Waals surface area contributed by atoms with Gasteiger partial charge in [-0.15, -0.1) is 5.73 Å². The number of allylic oxidation sites excluding steroid dienone is 14. The molecule has 0 bridgehead atoms. The Bertz CT molecular complexity index is 1960. The number of carboxylic acid groups (broad SMARTS) is 2. The number of ether oxygens (including phenoxy) is 2. The molecule has 0 spiro atoms. The van der Waals surface area contributed by atoms with Gasteiger partial charge in [0.05, 0.1) is 24.5 Å². The van der Waals surface area contributed by atoms with E-state index in [1.807, 2.05) is 83.2 Å². The number of aliphatic hydroxyl groups excluding tert-OH is 1. The molecule has 0 aromatic heterocycles. The zero-order valence-electron chi connectivity index (χ0n) is 37.5. The number of ketones is 1. The van der Waals surface area contributed by atoms with E-state index in [4.69, 9.17) is 14.6 Å². The fourth-order valence-corrected chi connectivity index (χ4v) is 8.28. The van der Waals surface area contributed by atoms with Gasteiger partial charge in [-0.25, -0.2) is 4.79 Å².